The zero-order chi connectivity index (χ0) is 10.6. The van der Waals surface area contributed by atoms with Gasteiger partial charge in [-0.25, -0.2) is 4.39 Å². The Bertz CT molecular complexity index is 299. The minimum Gasteiger partial charge on any atom is -0.434 e. The molecule has 1 aromatic rings. The molecule has 0 heterocycles. The Labute approximate surface area is 80.5 Å². The van der Waals surface area contributed by atoms with Crippen LogP contribution in [0.1, 0.15) is 12.5 Å². The van der Waals surface area contributed by atoms with Gasteiger partial charge in [0.05, 0.1) is 0 Å². The summed E-state index contributed by atoms with van der Waals surface area (Å²) in [5, 5.41) is 0. The molecule has 0 saturated heterocycles. The quantitative estimate of drug-likeness (QED) is 0.730. The molecule has 0 aliphatic carbocycles. The average molecular weight is 203 g/mol. The molecule has 0 aliphatic heterocycles. The Morgan fingerprint density at radius 2 is 2.14 bits per heavy atom. The number of hydrogen-bond donors (Lipinski definition) is 0. The van der Waals surface area contributed by atoms with E-state index in [9.17, 15) is 13.2 Å². The summed E-state index contributed by atoms with van der Waals surface area (Å²) in [6, 6.07) is 3.89. The van der Waals surface area contributed by atoms with Crippen molar-refractivity contribution in [2.75, 3.05) is 0 Å². The minimum atomic E-state index is -2.92. The second kappa shape index (κ2) is 4.88. The van der Waals surface area contributed by atoms with Gasteiger partial charge in [0.15, 0.2) is 0 Å². The molecule has 0 N–H and O–H groups in total. The van der Waals surface area contributed by atoms with E-state index < -0.39 is 12.4 Å². The number of alkyl halides is 2. The Hall–Kier alpha value is -1.19. The summed E-state index contributed by atoms with van der Waals surface area (Å²) in [5.74, 6) is -0.626. The van der Waals surface area contributed by atoms with Crippen molar-refractivity contribution in [3.05, 3.63) is 36.0 Å². The Morgan fingerprint density at radius 3 is 2.71 bits per heavy atom. The highest BCUT2D eigenvalue weighted by molar-refractivity contribution is 5.35. The van der Waals surface area contributed by atoms with Crippen molar-refractivity contribution in [2.45, 2.75) is 20.0 Å². The van der Waals surface area contributed by atoms with Crippen LogP contribution in [0.4, 0.5) is 13.2 Å². The third-order valence-corrected chi connectivity index (χ3v) is 1.70. The normalized spacial score (nSPS) is 10.6. The lowest BCUT2D eigenvalue weighted by Crippen LogP contribution is -2.05. The van der Waals surface area contributed by atoms with Gasteiger partial charge in [-0.2, -0.15) is 8.78 Å². The fourth-order valence-electron chi connectivity index (χ4n) is 1.15. The molecular weight excluding hydrogens is 193 g/mol. The fraction of sp³-hybridized carbons (Fsp3) is 0.300. The highest BCUT2D eigenvalue weighted by atomic mass is 19.3. The highest BCUT2D eigenvalue weighted by Gasteiger charge is 2.12. The molecule has 0 bridgehead atoms. The van der Waals surface area contributed by atoms with Gasteiger partial charge >= 0.3 is 6.61 Å². The topological polar surface area (TPSA) is 9.23 Å². The highest BCUT2D eigenvalue weighted by Crippen LogP contribution is 2.24. The summed E-state index contributed by atoms with van der Waals surface area (Å²) in [5.41, 5.74) is 0.162. The van der Waals surface area contributed by atoms with E-state index in [0.29, 0.717) is 0 Å². The molecule has 0 atom stereocenters. The van der Waals surface area contributed by atoms with Crippen molar-refractivity contribution in [3.8, 4) is 5.75 Å². The van der Waals surface area contributed by atoms with Crippen molar-refractivity contribution >= 4 is 0 Å². The van der Waals surface area contributed by atoms with Gasteiger partial charge in [0.25, 0.3) is 0 Å². The predicted octanol–water partition coefficient (Wildman–Crippen LogP) is 3.19. The van der Waals surface area contributed by atoms with Gasteiger partial charge in [-0.1, -0.05) is 13.0 Å². The van der Waals surface area contributed by atoms with Crippen molar-refractivity contribution in [1.29, 1.82) is 0 Å². The summed E-state index contributed by atoms with van der Waals surface area (Å²) < 4.78 is 41.2. The molecule has 0 unspecified atom stereocenters. The van der Waals surface area contributed by atoms with Crippen LogP contribution in [0.5, 0.6) is 5.75 Å². The van der Waals surface area contributed by atoms with Gasteiger partial charge in [0.1, 0.15) is 11.6 Å². The van der Waals surface area contributed by atoms with E-state index in [1.54, 1.807) is 13.3 Å². The SMILES string of the molecule is C[CH]Cc1c(F)cccc1OC(F)F. The first-order chi connectivity index (χ1) is 6.65. The van der Waals surface area contributed by atoms with E-state index >= 15 is 0 Å². The van der Waals surface area contributed by atoms with Crippen LogP contribution in [0.25, 0.3) is 0 Å². The average Bonchev–Trinajstić information content (AvgIpc) is 2.10. The summed E-state index contributed by atoms with van der Waals surface area (Å²) in [7, 11) is 0. The van der Waals surface area contributed by atoms with Crippen LogP contribution in [0.15, 0.2) is 18.2 Å². The number of hydrogen-bond acceptors (Lipinski definition) is 1. The maximum absolute atomic E-state index is 13.1. The van der Waals surface area contributed by atoms with Gasteiger partial charge in [-0.3, -0.25) is 0 Å². The Balaban J connectivity index is 2.95. The van der Waals surface area contributed by atoms with E-state index in [1.807, 2.05) is 0 Å². The second-order valence-corrected chi connectivity index (χ2v) is 2.71. The molecule has 14 heavy (non-hydrogen) atoms. The smallest absolute Gasteiger partial charge is 0.387 e. The van der Waals surface area contributed by atoms with Crippen LogP contribution >= 0.6 is 0 Å². The second-order valence-electron chi connectivity index (χ2n) is 2.71. The summed E-state index contributed by atoms with van der Waals surface area (Å²) in [4.78, 5) is 0. The predicted molar refractivity (Wildman–Crippen MR) is 46.7 cm³/mol. The number of benzene rings is 1. The molecule has 0 saturated carbocycles. The molecule has 1 rings (SSSR count). The molecule has 0 spiro atoms. The largest absolute Gasteiger partial charge is 0.434 e. The summed E-state index contributed by atoms with van der Waals surface area (Å²) >= 11 is 0. The number of rotatable bonds is 4. The molecule has 1 nitrogen and oxygen atoms in total. The molecule has 0 aliphatic rings. The zero-order valence-electron chi connectivity index (χ0n) is 7.64. The van der Waals surface area contributed by atoms with Crippen LogP contribution in [-0.2, 0) is 6.42 Å². The Kier molecular flexibility index (Phi) is 3.80. The molecule has 1 radical (unpaired) electrons. The van der Waals surface area contributed by atoms with Crippen molar-refractivity contribution in [1.82, 2.24) is 0 Å². The van der Waals surface area contributed by atoms with E-state index in [2.05, 4.69) is 4.74 Å². The van der Waals surface area contributed by atoms with Crippen LogP contribution in [0, 0.1) is 12.2 Å². The number of halogens is 3. The van der Waals surface area contributed by atoms with Gasteiger partial charge in [-0.05, 0) is 25.0 Å². The molecule has 1 aromatic carbocycles. The van der Waals surface area contributed by atoms with Crippen molar-refractivity contribution in [3.63, 3.8) is 0 Å². The first-order valence-corrected chi connectivity index (χ1v) is 4.15. The lowest BCUT2D eigenvalue weighted by Gasteiger charge is -2.10. The van der Waals surface area contributed by atoms with Gasteiger partial charge in [-0.15, -0.1) is 0 Å². The van der Waals surface area contributed by atoms with E-state index in [-0.39, 0.29) is 17.7 Å². The maximum Gasteiger partial charge on any atom is 0.387 e. The first kappa shape index (κ1) is 10.9. The standard InChI is InChI=1S/C10H10F3O/c1-2-4-7-8(11)5-3-6-9(7)14-10(12)13/h2-3,5-6,10H,4H2,1H3. The Morgan fingerprint density at radius 1 is 1.43 bits per heavy atom. The molecular formula is C10H10F3O. The molecule has 4 heteroatoms. The molecule has 0 amide bonds. The van der Waals surface area contributed by atoms with Gasteiger partial charge in [0, 0.05) is 5.56 Å². The molecule has 77 valence electrons. The van der Waals surface area contributed by atoms with E-state index in [0.717, 1.165) is 0 Å². The van der Waals surface area contributed by atoms with Crippen LogP contribution in [0.3, 0.4) is 0 Å². The monoisotopic (exact) mass is 203 g/mol. The van der Waals surface area contributed by atoms with Gasteiger partial charge in [0.2, 0.25) is 0 Å². The summed E-state index contributed by atoms with van der Waals surface area (Å²) in [6.45, 7) is -1.20. The lowest BCUT2D eigenvalue weighted by atomic mass is 10.1. The van der Waals surface area contributed by atoms with Crippen molar-refractivity contribution < 1.29 is 17.9 Å². The minimum absolute atomic E-state index is 0.0990. The van der Waals surface area contributed by atoms with Crippen molar-refractivity contribution in [2.24, 2.45) is 0 Å². The van der Waals surface area contributed by atoms with Crippen LogP contribution < -0.4 is 4.74 Å². The van der Waals surface area contributed by atoms with E-state index in [4.69, 9.17) is 0 Å². The zero-order valence-corrected chi connectivity index (χ0v) is 7.64. The lowest BCUT2D eigenvalue weighted by molar-refractivity contribution is -0.0505. The van der Waals surface area contributed by atoms with E-state index in [1.165, 1.54) is 18.2 Å². The third-order valence-electron chi connectivity index (χ3n) is 1.70. The fourth-order valence-corrected chi connectivity index (χ4v) is 1.15. The summed E-state index contributed by atoms with van der Waals surface area (Å²) in [6.07, 6.45) is 1.95. The molecule has 0 fully saturated rings. The van der Waals surface area contributed by atoms with Crippen LogP contribution in [0.2, 0.25) is 0 Å². The third kappa shape index (κ3) is 2.65. The van der Waals surface area contributed by atoms with Crippen LogP contribution in [-0.4, -0.2) is 6.61 Å². The maximum atomic E-state index is 13.1. The first-order valence-electron chi connectivity index (χ1n) is 4.15. The van der Waals surface area contributed by atoms with Gasteiger partial charge < -0.3 is 4.74 Å². The molecule has 0 aromatic heterocycles. The number of ether oxygens (including phenoxy) is 1.